The number of amides is 1. The van der Waals surface area contributed by atoms with E-state index in [0.717, 1.165) is 33.7 Å². The second-order valence-electron chi connectivity index (χ2n) is 5.96. The summed E-state index contributed by atoms with van der Waals surface area (Å²) in [7, 11) is 0. The Kier molecular flexibility index (Phi) is 4.01. The van der Waals surface area contributed by atoms with Crippen molar-refractivity contribution in [3.63, 3.8) is 0 Å². The van der Waals surface area contributed by atoms with Crippen LogP contribution in [0.25, 0.3) is 22.4 Å². The van der Waals surface area contributed by atoms with Gasteiger partial charge < -0.3 is 5.32 Å². The summed E-state index contributed by atoms with van der Waals surface area (Å²) in [6.07, 6.45) is 0.373. The van der Waals surface area contributed by atoms with Crippen LogP contribution in [0.2, 0.25) is 0 Å². The summed E-state index contributed by atoms with van der Waals surface area (Å²) < 4.78 is 0. The summed E-state index contributed by atoms with van der Waals surface area (Å²) in [4.78, 5) is 18.9. The van der Waals surface area contributed by atoms with E-state index in [4.69, 9.17) is 0 Å². The van der Waals surface area contributed by atoms with Crippen LogP contribution in [-0.2, 0) is 11.2 Å². The van der Waals surface area contributed by atoms with Crippen molar-refractivity contribution in [2.45, 2.75) is 6.42 Å². The van der Waals surface area contributed by atoms with Crippen LogP contribution in [0.1, 0.15) is 5.56 Å². The fraction of sp³-hybridized carbons (Fsp3) is 0.0476. The van der Waals surface area contributed by atoms with Gasteiger partial charge in [0.25, 0.3) is 5.82 Å². The van der Waals surface area contributed by atoms with Crippen molar-refractivity contribution in [3.05, 3.63) is 84.4 Å². The highest BCUT2D eigenvalue weighted by molar-refractivity contribution is 5.92. The number of imidazole rings is 1. The Morgan fingerprint density at radius 1 is 0.880 bits per heavy atom. The first-order valence-corrected chi connectivity index (χ1v) is 8.22. The highest BCUT2D eigenvalue weighted by Gasteiger charge is 2.11. The van der Waals surface area contributed by atoms with Crippen molar-refractivity contribution < 1.29 is 9.78 Å². The zero-order valence-electron chi connectivity index (χ0n) is 13.6. The summed E-state index contributed by atoms with van der Waals surface area (Å²) in [6, 6.07) is 25.6. The zero-order valence-corrected chi connectivity index (χ0v) is 13.6. The van der Waals surface area contributed by atoms with E-state index in [0.29, 0.717) is 6.42 Å². The van der Waals surface area contributed by atoms with Crippen molar-refractivity contribution in [3.8, 4) is 11.4 Å². The molecular formula is C21H18N3O+. The first-order valence-electron chi connectivity index (χ1n) is 8.22. The van der Waals surface area contributed by atoms with Crippen LogP contribution in [0.5, 0.6) is 0 Å². The normalized spacial score (nSPS) is 10.7. The van der Waals surface area contributed by atoms with Crippen LogP contribution in [0.3, 0.4) is 0 Å². The minimum absolute atomic E-state index is 0.0175. The number of hydrogen-bond acceptors (Lipinski definition) is 1. The molecule has 0 spiro atoms. The van der Waals surface area contributed by atoms with Crippen LogP contribution in [0.15, 0.2) is 78.9 Å². The van der Waals surface area contributed by atoms with Crippen LogP contribution in [0, 0.1) is 0 Å². The molecule has 1 amide bonds. The van der Waals surface area contributed by atoms with Gasteiger partial charge in [-0.15, -0.1) is 0 Å². The van der Waals surface area contributed by atoms with E-state index in [2.05, 4.69) is 15.3 Å². The van der Waals surface area contributed by atoms with Crippen molar-refractivity contribution in [2.24, 2.45) is 0 Å². The number of aromatic amines is 2. The van der Waals surface area contributed by atoms with Gasteiger partial charge in [-0.05, 0) is 42.0 Å². The lowest BCUT2D eigenvalue weighted by Crippen LogP contribution is -2.14. The average molecular weight is 328 g/mol. The van der Waals surface area contributed by atoms with Gasteiger partial charge in [0, 0.05) is 5.69 Å². The number of anilines is 1. The molecule has 0 unspecified atom stereocenters. The summed E-state index contributed by atoms with van der Waals surface area (Å²) >= 11 is 0. The predicted octanol–water partition coefficient (Wildman–Crippen LogP) is 3.83. The number of fused-ring (bicyclic) bond motifs is 1. The van der Waals surface area contributed by atoms with E-state index in [9.17, 15) is 4.79 Å². The maximum Gasteiger partial charge on any atom is 0.285 e. The van der Waals surface area contributed by atoms with Crippen molar-refractivity contribution in [2.75, 3.05) is 5.32 Å². The third kappa shape index (κ3) is 3.43. The SMILES string of the molecule is O=C(Cc1ccccc1)Nc1ccc(-c2[nH]c3ccccc3[nH+]2)cc1. The fourth-order valence-electron chi connectivity index (χ4n) is 2.85. The molecule has 0 saturated heterocycles. The topological polar surface area (TPSA) is 59.0 Å². The van der Waals surface area contributed by atoms with Gasteiger partial charge in [0.2, 0.25) is 5.91 Å². The fourth-order valence-corrected chi connectivity index (χ4v) is 2.85. The minimum Gasteiger partial charge on any atom is -0.326 e. The standard InChI is InChI=1S/C21H17N3O/c25-20(14-15-6-2-1-3-7-15)22-17-12-10-16(11-13-17)21-23-18-8-4-5-9-19(18)24-21/h1-13H,14H2,(H,22,25)(H,23,24)/p+1. The van der Waals surface area contributed by atoms with E-state index < -0.39 is 0 Å². The molecule has 0 atom stereocenters. The average Bonchev–Trinajstić information content (AvgIpc) is 3.07. The summed E-state index contributed by atoms with van der Waals surface area (Å²) in [6.45, 7) is 0. The quantitative estimate of drug-likeness (QED) is 0.588. The second kappa shape index (κ2) is 6.61. The number of carbonyl (C=O) groups is 1. The molecule has 0 bridgehead atoms. The third-order valence-electron chi connectivity index (χ3n) is 4.11. The monoisotopic (exact) mass is 328 g/mol. The number of benzene rings is 3. The Morgan fingerprint density at radius 2 is 1.60 bits per heavy atom. The first kappa shape index (κ1) is 15.1. The van der Waals surface area contributed by atoms with Crippen molar-refractivity contribution in [1.29, 1.82) is 0 Å². The Balaban J connectivity index is 1.47. The number of para-hydroxylation sites is 2. The predicted molar refractivity (Wildman–Crippen MR) is 99.1 cm³/mol. The molecule has 0 fully saturated rings. The van der Waals surface area contributed by atoms with E-state index in [1.54, 1.807) is 0 Å². The molecule has 25 heavy (non-hydrogen) atoms. The van der Waals surface area contributed by atoms with Crippen LogP contribution < -0.4 is 10.3 Å². The van der Waals surface area contributed by atoms with Gasteiger partial charge in [-0.1, -0.05) is 42.5 Å². The van der Waals surface area contributed by atoms with Gasteiger partial charge >= 0.3 is 0 Å². The molecule has 1 aromatic heterocycles. The van der Waals surface area contributed by atoms with E-state index in [1.807, 2.05) is 78.9 Å². The van der Waals surface area contributed by atoms with E-state index in [-0.39, 0.29) is 5.91 Å². The van der Waals surface area contributed by atoms with Crippen molar-refractivity contribution in [1.82, 2.24) is 4.98 Å². The van der Waals surface area contributed by atoms with Crippen LogP contribution >= 0.6 is 0 Å². The van der Waals surface area contributed by atoms with Crippen LogP contribution in [-0.4, -0.2) is 10.9 Å². The Hall–Kier alpha value is -3.40. The number of nitrogens with one attached hydrogen (secondary N) is 3. The summed E-state index contributed by atoms with van der Waals surface area (Å²) in [5, 5.41) is 2.94. The lowest BCUT2D eigenvalue weighted by atomic mass is 10.1. The molecule has 0 aliphatic heterocycles. The summed E-state index contributed by atoms with van der Waals surface area (Å²) in [5.74, 6) is 0.930. The highest BCUT2D eigenvalue weighted by Crippen LogP contribution is 2.19. The zero-order chi connectivity index (χ0) is 17.1. The highest BCUT2D eigenvalue weighted by atomic mass is 16.1. The molecule has 0 saturated carbocycles. The number of H-pyrrole nitrogens is 2. The smallest absolute Gasteiger partial charge is 0.285 e. The first-order chi connectivity index (χ1) is 12.3. The molecule has 122 valence electrons. The summed E-state index contributed by atoms with van der Waals surface area (Å²) in [5.41, 5.74) is 4.97. The molecule has 0 radical (unpaired) electrons. The Labute approximate surface area is 145 Å². The molecule has 4 rings (SSSR count). The Morgan fingerprint density at radius 3 is 2.36 bits per heavy atom. The lowest BCUT2D eigenvalue weighted by Gasteiger charge is -2.05. The lowest BCUT2D eigenvalue weighted by molar-refractivity contribution is -0.330. The molecule has 1 heterocycles. The number of carbonyl (C=O) groups excluding carboxylic acids is 1. The molecular weight excluding hydrogens is 310 g/mol. The van der Waals surface area contributed by atoms with E-state index in [1.165, 1.54) is 0 Å². The van der Waals surface area contributed by atoms with Gasteiger partial charge in [-0.3, -0.25) is 4.79 Å². The van der Waals surface area contributed by atoms with E-state index >= 15 is 0 Å². The largest absolute Gasteiger partial charge is 0.326 e. The van der Waals surface area contributed by atoms with Gasteiger partial charge in [0.15, 0.2) is 11.0 Å². The minimum atomic E-state index is -0.0175. The molecule has 4 aromatic rings. The van der Waals surface area contributed by atoms with Gasteiger partial charge in [0.1, 0.15) is 0 Å². The molecule has 0 aliphatic carbocycles. The van der Waals surface area contributed by atoms with Gasteiger partial charge in [0.05, 0.1) is 12.0 Å². The van der Waals surface area contributed by atoms with Gasteiger partial charge in [-0.25, -0.2) is 9.97 Å². The molecule has 4 nitrogen and oxygen atoms in total. The number of aromatic nitrogens is 2. The molecule has 3 aromatic carbocycles. The molecule has 4 heteroatoms. The maximum atomic E-state index is 12.1. The molecule has 0 aliphatic rings. The van der Waals surface area contributed by atoms with Crippen LogP contribution in [0.4, 0.5) is 5.69 Å². The molecule has 3 N–H and O–H groups in total. The van der Waals surface area contributed by atoms with Gasteiger partial charge in [-0.2, -0.15) is 0 Å². The maximum absolute atomic E-state index is 12.1. The second-order valence-corrected chi connectivity index (χ2v) is 5.96. The number of rotatable bonds is 4. The third-order valence-corrected chi connectivity index (χ3v) is 4.11. The Bertz CT molecular complexity index is 971. The number of hydrogen-bond donors (Lipinski definition) is 2. The van der Waals surface area contributed by atoms with Crippen molar-refractivity contribution >= 4 is 22.6 Å².